The molecular weight excluding hydrogens is 452 g/mol. The highest BCUT2D eigenvalue weighted by molar-refractivity contribution is 7.98. The second kappa shape index (κ2) is 11.7. The van der Waals surface area contributed by atoms with E-state index in [4.69, 9.17) is 16.3 Å². The highest BCUT2D eigenvalue weighted by atomic mass is 35.5. The van der Waals surface area contributed by atoms with Crippen LogP contribution in [0.5, 0.6) is 5.75 Å². The Morgan fingerprint density at radius 3 is 2.42 bits per heavy atom. The van der Waals surface area contributed by atoms with Crippen molar-refractivity contribution >= 4 is 29.6 Å². The van der Waals surface area contributed by atoms with Crippen LogP contribution in [-0.4, -0.2) is 21.1 Å². The molecule has 0 aliphatic heterocycles. The minimum absolute atomic E-state index is 0.545. The van der Waals surface area contributed by atoms with Crippen LogP contribution < -0.4 is 4.74 Å². The fraction of sp³-hybridized carbons (Fsp3) is 0.192. The zero-order chi connectivity index (χ0) is 22.9. The van der Waals surface area contributed by atoms with Crippen molar-refractivity contribution in [2.45, 2.75) is 37.3 Å². The molecule has 0 N–H and O–H groups in total. The van der Waals surface area contributed by atoms with Crippen molar-refractivity contribution in [2.75, 3.05) is 0 Å². The lowest BCUT2D eigenvalue weighted by Crippen LogP contribution is -2.00. The first kappa shape index (κ1) is 23.1. The van der Waals surface area contributed by atoms with Crippen molar-refractivity contribution in [3.8, 4) is 5.75 Å². The van der Waals surface area contributed by atoms with E-state index in [1.807, 2.05) is 77.6 Å². The van der Waals surface area contributed by atoms with Gasteiger partial charge in [-0.3, -0.25) is 0 Å². The van der Waals surface area contributed by atoms with Gasteiger partial charge in [0.1, 0.15) is 12.4 Å². The third-order valence-corrected chi connectivity index (χ3v) is 6.12. The summed E-state index contributed by atoms with van der Waals surface area (Å²) < 4.78 is 7.70. The SMILES string of the molecule is CCCc1nnc(SCc2ccc(Cl)cc2)n1/N=C/c1ccc(OCc2ccccc2)cc1. The van der Waals surface area contributed by atoms with Crippen molar-refractivity contribution in [2.24, 2.45) is 5.10 Å². The fourth-order valence-electron chi connectivity index (χ4n) is 3.13. The van der Waals surface area contributed by atoms with E-state index in [-0.39, 0.29) is 0 Å². The van der Waals surface area contributed by atoms with Gasteiger partial charge in [-0.2, -0.15) is 9.78 Å². The van der Waals surface area contributed by atoms with E-state index < -0.39 is 0 Å². The Bertz CT molecular complexity index is 1180. The van der Waals surface area contributed by atoms with Crippen LogP contribution >= 0.6 is 23.4 Å². The molecule has 0 fully saturated rings. The summed E-state index contributed by atoms with van der Waals surface area (Å²) in [6.07, 6.45) is 3.62. The van der Waals surface area contributed by atoms with Gasteiger partial charge in [-0.15, -0.1) is 10.2 Å². The summed E-state index contributed by atoms with van der Waals surface area (Å²) in [5, 5.41) is 14.9. The first-order valence-electron chi connectivity index (χ1n) is 10.8. The van der Waals surface area contributed by atoms with E-state index in [1.165, 1.54) is 5.56 Å². The molecule has 7 heteroatoms. The average molecular weight is 477 g/mol. The Balaban J connectivity index is 1.42. The molecule has 0 radical (unpaired) electrons. The second-order valence-electron chi connectivity index (χ2n) is 7.46. The zero-order valence-corrected chi connectivity index (χ0v) is 20.0. The van der Waals surface area contributed by atoms with Crippen LogP contribution in [0.15, 0.2) is 89.1 Å². The van der Waals surface area contributed by atoms with E-state index in [1.54, 1.807) is 11.8 Å². The molecule has 0 unspecified atom stereocenters. The molecule has 0 saturated heterocycles. The Morgan fingerprint density at radius 2 is 1.70 bits per heavy atom. The van der Waals surface area contributed by atoms with E-state index in [0.29, 0.717) is 6.61 Å². The largest absolute Gasteiger partial charge is 0.489 e. The van der Waals surface area contributed by atoms with Crippen molar-refractivity contribution in [1.82, 2.24) is 14.9 Å². The monoisotopic (exact) mass is 476 g/mol. The van der Waals surface area contributed by atoms with E-state index in [0.717, 1.165) is 51.5 Å². The van der Waals surface area contributed by atoms with Gasteiger partial charge in [0.15, 0.2) is 5.82 Å². The highest BCUT2D eigenvalue weighted by Crippen LogP contribution is 2.23. The molecule has 0 aliphatic rings. The van der Waals surface area contributed by atoms with Gasteiger partial charge in [-0.05, 0) is 59.5 Å². The van der Waals surface area contributed by atoms with Gasteiger partial charge in [0.25, 0.3) is 0 Å². The number of thioether (sulfide) groups is 1. The molecule has 0 aliphatic carbocycles. The summed E-state index contributed by atoms with van der Waals surface area (Å²) in [6, 6.07) is 25.9. The van der Waals surface area contributed by atoms with Gasteiger partial charge in [-0.1, -0.05) is 72.8 Å². The molecule has 4 rings (SSSR count). The molecule has 0 amide bonds. The normalized spacial score (nSPS) is 11.2. The molecule has 0 atom stereocenters. The van der Waals surface area contributed by atoms with Crippen LogP contribution in [0.4, 0.5) is 0 Å². The van der Waals surface area contributed by atoms with Crippen LogP contribution in [-0.2, 0) is 18.8 Å². The Morgan fingerprint density at radius 1 is 0.939 bits per heavy atom. The number of ether oxygens (including phenoxy) is 1. The Kier molecular flexibility index (Phi) is 8.17. The van der Waals surface area contributed by atoms with Gasteiger partial charge in [0.2, 0.25) is 5.16 Å². The van der Waals surface area contributed by atoms with Gasteiger partial charge in [0, 0.05) is 17.2 Å². The number of nitrogens with zero attached hydrogens (tertiary/aromatic N) is 4. The number of benzene rings is 3. The summed E-state index contributed by atoms with van der Waals surface area (Å²) in [5.41, 5.74) is 3.29. The number of aromatic nitrogens is 3. The molecule has 1 aromatic heterocycles. The van der Waals surface area contributed by atoms with Crippen LogP contribution in [0.3, 0.4) is 0 Å². The maximum absolute atomic E-state index is 5.99. The quantitative estimate of drug-likeness (QED) is 0.190. The lowest BCUT2D eigenvalue weighted by molar-refractivity contribution is 0.306. The molecule has 0 bridgehead atoms. The van der Waals surface area contributed by atoms with E-state index >= 15 is 0 Å². The predicted molar refractivity (Wildman–Crippen MR) is 135 cm³/mol. The van der Waals surface area contributed by atoms with Crippen LogP contribution in [0.1, 0.15) is 35.9 Å². The second-order valence-corrected chi connectivity index (χ2v) is 8.84. The highest BCUT2D eigenvalue weighted by Gasteiger charge is 2.11. The average Bonchev–Trinajstić information content (AvgIpc) is 3.24. The van der Waals surface area contributed by atoms with Crippen LogP contribution in [0, 0.1) is 0 Å². The van der Waals surface area contributed by atoms with Gasteiger partial charge in [-0.25, -0.2) is 0 Å². The fourth-order valence-corrected chi connectivity index (χ4v) is 4.11. The molecule has 168 valence electrons. The van der Waals surface area contributed by atoms with Crippen molar-refractivity contribution in [3.63, 3.8) is 0 Å². The van der Waals surface area contributed by atoms with E-state index in [2.05, 4.69) is 34.4 Å². The maximum Gasteiger partial charge on any atom is 0.212 e. The van der Waals surface area contributed by atoms with Gasteiger partial charge >= 0.3 is 0 Å². The maximum atomic E-state index is 5.99. The number of rotatable bonds is 10. The molecule has 3 aromatic carbocycles. The number of aryl methyl sites for hydroxylation is 1. The molecule has 0 spiro atoms. The van der Waals surface area contributed by atoms with E-state index in [9.17, 15) is 0 Å². The molecule has 33 heavy (non-hydrogen) atoms. The third kappa shape index (κ3) is 6.70. The van der Waals surface area contributed by atoms with Crippen molar-refractivity contribution in [1.29, 1.82) is 0 Å². The summed E-state index contributed by atoms with van der Waals surface area (Å²) in [7, 11) is 0. The molecule has 0 saturated carbocycles. The standard InChI is InChI=1S/C26H25ClN4OS/c1-2-6-25-29-30-26(33-19-22-9-13-23(27)14-10-22)31(25)28-17-20-11-15-24(16-12-20)32-18-21-7-4-3-5-8-21/h3-5,7-17H,2,6,18-19H2,1H3/b28-17+. The topological polar surface area (TPSA) is 52.3 Å². The van der Waals surface area contributed by atoms with Crippen molar-refractivity contribution in [3.05, 3.63) is 106 Å². The Hall–Kier alpha value is -3.09. The van der Waals surface area contributed by atoms with Gasteiger partial charge < -0.3 is 4.74 Å². The molecule has 4 aromatic rings. The summed E-state index contributed by atoms with van der Waals surface area (Å²) >= 11 is 7.59. The number of hydrogen-bond donors (Lipinski definition) is 0. The minimum Gasteiger partial charge on any atom is -0.489 e. The van der Waals surface area contributed by atoms with Crippen LogP contribution in [0.25, 0.3) is 0 Å². The smallest absolute Gasteiger partial charge is 0.212 e. The first-order chi connectivity index (χ1) is 16.2. The number of hydrogen-bond acceptors (Lipinski definition) is 5. The summed E-state index contributed by atoms with van der Waals surface area (Å²) in [5.74, 6) is 2.45. The number of halogens is 1. The Labute approximate surface area is 203 Å². The first-order valence-corrected chi connectivity index (χ1v) is 12.2. The molecule has 1 heterocycles. The predicted octanol–water partition coefficient (Wildman–Crippen LogP) is 6.64. The third-order valence-electron chi connectivity index (χ3n) is 4.88. The van der Waals surface area contributed by atoms with Crippen molar-refractivity contribution < 1.29 is 4.74 Å². The summed E-state index contributed by atoms with van der Waals surface area (Å²) in [4.78, 5) is 0. The van der Waals surface area contributed by atoms with Gasteiger partial charge in [0.05, 0.1) is 6.21 Å². The molecule has 5 nitrogen and oxygen atoms in total. The summed E-state index contributed by atoms with van der Waals surface area (Å²) in [6.45, 7) is 2.67. The molecular formula is C26H25ClN4OS. The lowest BCUT2D eigenvalue weighted by atomic mass is 10.2. The lowest BCUT2D eigenvalue weighted by Gasteiger charge is -2.07. The zero-order valence-electron chi connectivity index (χ0n) is 18.4. The van der Waals surface area contributed by atoms with Crippen LogP contribution in [0.2, 0.25) is 5.02 Å². The minimum atomic E-state index is 0.545.